The number of rotatable bonds is 16. The first kappa shape index (κ1) is 41.0. The monoisotopic (exact) mass is 761 g/mol. The first-order chi connectivity index (χ1) is 24.4. The number of likely N-dealkylation sites (N-methyl/N-ethyl adjacent to an activating group) is 1. The molecule has 0 unspecified atom stereocenters. The van der Waals surface area contributed by atoms with Gasteiger partial charge in [-0.1, -0.05) is 51.1 Å². The molecule has 0 aromatic heterocycles. The lowest BCUT2D eigenvalue weighted by Crippen LogP contribution is -2.59. The zero-order chi connectivity index (χ0) is 38.3. The van der Waals surface area contributed by atoms with Gasteiger partial charge in [0.2, 0.25) is 31.9 Å². The molecule has 1 fully saturated rings. The molecule has 0 radical (unpaired) electrons. The fraction of sp³-hybridized carbons (Fsp3) is 0.459. The number of hydrogen-bond acceptors (Lipinski definition) is 7. The molecule has 284 valence electrons. The van der Waals surface area contributed by atoms with Gasteiger partial charge in [0.05, 0.1) is 15.8 Å². The summed E-state index contributed by atoms with van der Waals surface area (Å²) in [5.74, 6) is -1.49. The summed E-state index contributed by atoms with van der Waals surface area (Å²) in [4.78, 5) is 28.1. The van der Waals surface area contributed by atoms with Gasteiger partial charge < -0.3 is 15.5 Å². The topological polar surface area (TPSA) is 145 Å². The van der Waals surface area contributed by atoms with E-state index in [1.165, 1.54) is 46.8 Å². The molecule has 0 spiro atoms. The molecule has 1 aliphatic heterocycles. The van der Waals surface area contributed by atoms with Crippen molar-refractivity contribution in [3.8, 4) is 0 Å². The molecule has 3 aromatic carbocycles. The number of nitrogens with one attached hydrogen (secondary N) is 3. The molecule has 52 heavy (non-hydrogen) atoms. The summed E-state index contributed by atoms with van der Waals surface area (Å²) < 4.78 is 85.9. The van der Waals surface area contributed by atoms with Crippen LogP contribution < -0.4 is 15.4 Å². The van der Waals surface area contributed by atoms with E-state index >= 15 is 0 Å². The molecular weight excluding hydrogens is 713 g/mol. The highest BCUT2D eigenvalue weighted by Gasteiger charge is 2.41. The molecule has 1 saturated heterocycles. The molecule has 3 aromatic rings. The maximum absolute atomic E-state index is 14.4. The van der Waals surface area contributed by atoms with Crippen molar-refractivity contribution in [3.05, 3.63) is 95.6 Å². The van der Waals surface area contributed by atoms with E-state index in [1.54, 1.807) is 43.1 Å². The maximum Gasteiger partial charge on any atom is 0.245 e. The minimum atomic E-state index is -4.33. The third kappa shape index (κ3) is 10.7. The van der Waals surface area contributed by atoms with E-state index in [9.17, 15) is 35.2 Å². The van der Waals surface area contributed by atoms with Crippen molar-refractivity contribution in [2.24, 2.45) is 5.41 Å². The maximum atomic E-state index is 14.4. The third-order valence-corrected chi connectivity index (χ3v) is 12.6. The molecule has 0 aliphatic carbocycles. The van der Waals surface area contributed by atoms with E-state index in [0.717, 1.165) is 11.6 Å². The van der Waals surface area contributed by atoms with E-state index in [2.05, 4.69) is 15.4 Å². The van der Waals surface area contributed by atoms with Gasteiger partial charge in [0.1, 0.15) is 17.7 Å². The van der Waals surface area contributed by atoms with E-state index in [-0.39, 0.29) is 47.7 Å². The summed E-state index contributed by atoms with van der Waals surface area (Å²) >= 11 is 0. The van der Waals surface area contributed by atoms with Crippen molar-refractivity contribution in [2.45, 2.75) is 81.3 Å². The van der Waals surface area contributed by atoms with Gasteiger partial charge in [0.15, 0.2) is 0 Å². The van der Waals surface area contributed by atoms with Crippen LogP contribution in [0.3, 0.4) is 0 Å². The Morgan fingerprint density at radius 2 is 1.48 bits per heavy atom. The van der Waals surface area contributed by atoms with Crippen LogP contribution in [0.5, 0.6) is 0 Å². The van der Waals surface area contributed by atoms with Gasteiger partial charge >= 0.3 is 0 Å². The lowest BCUT2D eigenvalue weighted by atomic mass is 9.85. The lowest BCUT2D eigenvalue weighted by Gasteiger charge is -2.37. The van der Waals surface area contributed by atoms with E-state index in [0.29, 0.717) is 31.4 Å². The standard InChI is InChI=1S/C37H49F2N5O6S2/c1-26(40-5)35(45)42-34(37(2,3)4)36(46)44-22-7-8-31(44)25-43(23-20-28-13-17-30(39)18-14-28)52(49,50)33-10-6-9-32(24-33)51(47,48)41-21-19-27-11-15-29(38)16-12-27/h6,9-18,24,26,31,34,40-41H,7-8,19-23,25H2,1-5H3,(H,42,45)/t26-,31-,34+/m0/s1. The minimum Gasteiger partial charge on any atom is -0.342 e. The fourth-order valence-corrected chi connectivity index (χ4v) is 8.67. The van der Waals surface area contributed by atoms with Gasteiger partial charge in [-0.2, -0.15) is 4.31 Å². The first-order valence-electron chi connectivity index (χ1n) is 17.3. The molecule has 0 bridgehead atoms. The van der Waals surface area contributed by atoms with Crippen LogP contribution in [0.4, 0.5) is 8.78 Å². The Morgan fingerprint density at radius 1 is 0.904 bits per heavy atom. The quantitative estimate of drug-likeness (QED) is 0.201. The van der Waals surface area contributed by atoms with Crippen molar-refractivity contribution in [1.29, 1.82) is 0 Å². The number of halogens is 2. The number of carbonyl (C=O) groups is 2. The number of sulfonamides is 2. The summed E-state index contributed by atoms with van der Waals surface area (Å²) in [6.45, 7) is 7.50. The Bertz CT molecular complexity index is 1900. The zero-order valence-electron chi connectivity index (χ0n) is 30.2. The molecule has 1 aliphatic rings. The predicted octanol–water partition coefficient (Wildman–Crippen LogP) is 3.85. The molecular formula is C37H49F2N5O6S2. The average Bonchev–Trinajstić information content (AvgIpc) is 3.57. The molecule has 0 saturated carbocycles. The number of benzene rings is 3. The Balaban J connectivity index is 1.60. The molecule has 4 rings (SSSR count). The van der Waals surface area contributed by atoms with Crippen molar-refractivity contribution in [1.82, 2.24) is 24.6 Å². The van der Waals surface area contributed by atoms with Crippen LogP contribution in [0.25, 0.3) is 0 Å². The zero-order valence-corrected chi connectivity index (χ0v) is 31.9. The summed E-state index contributed by atoms with van der Waals surface area (Å²) in [5.41, 5.74) is 0.762. The van der Waals surface area contributed by atoms with E-state index < -0.39 is 55.2 Å². The van der Waals surface area contributed by atoms with Gasteiger partial charge in [0.25, 0.3) is 0 Å². The minimum absolute atomic E-state index is 0.00413. The second-order valence-corrected chi connectivity index (χ2v) is 17.8. The van der Waals surface area contributed by atoms with Crippen LogP contribution in [0, 0.1) is 17.0 Å². The van der Waals surface area contributed by atoms with E-state index in [4.69, 9.17) is 0 Å². The fourth-order valence-electron chi connectivity index (χ4n) is 5.99. The summed E-state index contributed by atoms with van der Waals surface area (Å²) in [6, 6.07) is 14.5. The normalized spacial score (nSPS) is 16.5. The Morgan fingerprint density at radius 3 is 2.06 bits per heavy atom. The average molecular weight is 762 g/mol. The highest BCUT2D eigenvalue weighted by atomic mass is 32.2. The summed E-state index contributed by atoms with van der Waals surface area (Å²) in [7, 11) is -6.81. The number of nitrogens with zero attached hydrogens (tertiary/aromatic N) is 2. The lowest BCUT2D eigenvalue weighted by molar-refractivity contribution is -0.140. The summed E-state index contributed by atoms with van der Waals surface area (Å²) in [6.07, 6.45) is 1.65. The molecule has 1 heterocycles. The van der Waals surface area contributed by atoms with Gasteiger partial charge in [-0.15, -0.1) is 0 Å². The largest absolute Gasteiger partial charge is 0.342 e. The number of amides is 2. The van der Waals surface area contributed by atoms with Crippen LogP contribution in [-0.4, -0.2) is 89.2 Å². The molecule has 3 N–H and O–H groups in total. The predicted molar refractivity (Wildman–Crippen MR) is 195 cm³/mol. The van der Waals surface area contributed by atoms with Crippen molar-refractivity contribution < 1.29 is 35.2 Å². The summed E-state index contributed by atoms with van der Waals surface area (Å²) in [5, 5.41) is 5.75. The smallest absolute Gasteiger partial charge is 0.245 e. The highest BCUT2D eigenvalue weighted by Crippen LogP contribution is 2.28. The number of carbonyl (C=O) groups excluding carboxylic acids is 2. The van der Waals surface area contributed by atoms with Gasteiger partial charge in [0, 0.05) is 32.2 Å². The Labute approximate surface area is 306 Å². The van der Waals surface area contributed by atoms with Crippen LogP contribution >= 0.6 is 0 Å². The van der Waals surface area contributed by atoms with Gasteiger partial charge in [-0.05, 0) is 98.7 Å². The Kier molecular flexibility index (Phi) is 13.7. The van der Waals surface area contributed by atoms with Gasteiger partial charge in [-0.3, -0.25) is 9.59 Å². The van der Waals surface area contributed by atoms with Crippen molar-refractivity contribution >= 4 is 31.9 Å². The third-order valence-electron chi connectivity index (χ3n) is 9.24. The van der Waals surface area contributed by atoms with Crippen LogP contribution in [-0.2, 0) is 42.5 Å². The van der Waals surface area contributed by atoms with E-state index in [1.807, 2.05) is 20.8 Å². The van der Waals surface area contributed by atoms with Gasteiger partial charge in [-0.25, -0.2) is 30.3 Å². The van der Waals surface area contributed by atoms with Crippen molar-refractivity contribution in [3.63, 3.8) is 0 Å². The van der Waals surface area contributed by atoms with Crippen molar-refractivity contribution in [2.75, 3.05) is 33.2 Å². The number of likely N-dealkylation sites (tertiary alicyclic amines) is 1. The second-order valence-electron chi connectivity index (χ2n) is 14.1. The second kappa shape index (κ2) is 17.4. The molecule has 3 atom stereocenters. The van der Waals surface area contributed by atoms with Crippen LogP contribution in [0.1, 0.15) is 51.7 Å². The molecule has 15 heteroatoms. The first-order valence-corrected chi connectivity index (χ1v) is 20.2. The SMILES string of the molecule is CN[C@@H](C)C(=O)N[C@H](C(=O)N1CCC[C@H]1CN(CCc1ccc(F)cc1)S(=O)(=O)c1cccc(S(=O)(=O)NCCc2ccc(F)cc2)c1)C(C)(C)C. The molecule has 11 nitrogen and oxygen atoms in total. The Hall–Kier alpha value is -3.76. The van der Waals surface area contributed by atoms with Crippen LogP contribution in [0.2, 0.25) is 0 Å². The number of hydrogen-bond donors (Lipinski definition) is 3. The van der Waals surface area contributed by atoms with Crippen LogP contribution in [0.15, 0.2) is 82.6 Å². The molecule has 2 amide bonds. The highest BCUT2D eigenvalue weighted by molar-refractivity contribution is 7.90.